The Kier molecular flexibility index (Phi) is 2.49. The van der Waals surface area contributed by atoms with Crippen molar-refractivity contribution in [3.8, 4) is 0 Å². The lowest BCUT2D eigenvalue weighted by Crippen LogP contribution is -2.61. The fraction of sp³-hybridized carbons (Fsp3) is 0.923. The van der Waals surface area contributed by atoms with E-state index in [1.807, 2.05) is 11.9 Å². The van der Waals surface area contributed by atoms with Gasteiger partial charge in [0.25, 0.3) is 5.91 Å². The predicted octanol–water partition coefficient (Wildman–Crippen LogP) is 0.862. The van der Waals surface area contributed by atoms with E-state index in [0.29, 0.717) is 0 Å². The molecular formula is C13H22N2O2. The number of carbonyl (C=O) groups excluding carboxylic acids is 1. The second-order valence-corrected chi connectivity index (χ2v) is 5.87. The van der Waals surface area contributed by atoms with E-state index < -0.39 is 5.60 Å². The summed E-state index contributed by atoms with van der Waals surface area (Å²) in [5.41, 5.74) is -0.466. The Hall–Kier alpha value is -0.610. The Labute approximate surface area is 103 Å². The molecule has 2 spiro atoms. The molecule has 1 amide bonds. The average molecular weight is 238 g/mol. The molecule has 1 saturated carbocycles. The highest BCUT2D eigenvalue weighted by Gasteiger charge is 2.60. The number of likely N-dealkylation sites (N-methyl/N-ethyl adjacent to an activating group) is 1. The number of amides is 1. The molecule has 0 aromatic heterocycles. The molecule has 2 saturated heterocycles. The molecule has 0 bridgehead atoms. The number of morpholine rings is 1. The fourth-order valence-electron chi connectivity index (χ4n) is 3.31. The summed E-state index contributed by atoms with van der Waals surface area (Å²) >= 11 is 0. The number of hydrogen-bond acceptors (Lipinski definition) is 3. The lowest BCUT2D eigenvalue weighted by Gasteiger charge is -2.49. The number of carbonyl (C=O) groups is 1. The van der Waals surface area contributed by atoms with Crippen molar-refractivity contribution in [3.63, 3.8) is 0 Å². The molecule has 3 aliphatic rings. The molecule has 0 aromatic rings. The summed E-state index contributed by atoms with van der Waals surface area (Å²) in [5.74, 6) is 0.209. The van der Waals surface area contributed by atoms with E-state index in [1.165, 1.54) is 0 Å². The van der Waals surface area contributed by atoms with Gasteiger partial charge < -0.3 is 14.5 Å². The van der Waals surface area contributed by atoms with Crippen LogP contribution in [0.5, 0.6) is 0 Å². The van der Waals surface area contributed by atoms with E-state index in [0.717, 1.165) is 51.9 Å². The van der Waals surface area contributed by atoms with Gasteiger partial charge in [-0.05, 0) is 32.2 Å². The van der Waals surface area contributed by atoms with Gasteiger partial charge in [0.2, 0.25) is 0 Å². The maximum Gasteiger partial charge on any atom is 0.254 e. The Balaban J connectivity index is 1.74. The van der Waals surface area contributed by atoms with Crippen LogP contribution in [-0.2, 0) is 9.53 Å². The summed E-state index contributed by atoms with van der Waals surface area (Å²) in [6.07, 6.45) is 3.99. The summed E-state index contributed by atoms with van der Waals surface area (Å²) < 4.78 is 6.27. The van der Waals surface area contributed by atoms with Crippen LogP contribution in [0, 0.1) is 0 Å². The van der Waals surface area contributed by atoms with Crippen LogP contribution in [0.3, 0.4) is 0 Å². The van der Waals surface area contributed by atoms with Crippen LogP contribution in [0.4, 0.5) is 0 Å². The first-order chi connectivity index (χ1) is 8.09. The van der Waals surface area contributed by atoms with Crippen molar-refractivity contribution in [3.05, 3.63) is 0 Å². The smallest absolute Gasteiger partial charge is 0.254 e. The van der Waals surface area contributed by atoms with Crippen LogP contribution in [-0.4, -0.2) is 60.1 Å². The molecule has 0 aromatic carbocycles. The van der Waals surface area contributed by atoms with Gasteiger partial charge in [-0.15, -0.1) is 0 Å². The van der Waals surface area contributed by atoms with Gasteiger partial charge in [0.15, 0.2) is 0 Å². The van der Waals surface area contributed by atoms with Gasteiger partial charge in [-0.1, -0.05) is 6.92 Å². The van der Waals surface area contributed by atoms with Crippen molar-refractivity contribution < 1.29 is 9.53 Å². The van der Waals surface area contributed by atoms with Gasteiger partial charge in [-0.3, -0.25) is 4.79 Å². The standard InChI is InChI=1S/C13H22N2O2/c1-3-15-8-6-12(7-9-15)10-14(2)11(16)13(17-12)4-5-13/h3-10H2,1-2H3. The fourth-order valence-corrected chi connectivity index (χ4v) is 3.31. The Morgan fingerprint density at radius 3 is 2.41 bits per heavy atom. The molecule has 1 aliphatic carbocycles. The summed E-state index contributed by atoms with van der Waals surface area (Å²) in [4.78, 5) is 16.4. The average Bonchev–Trinajstić information content (AvgIpc) is 3.08. The van der Waals surface area contributed by atoms with Crippen molar-refractivity contribution >= 4 is 5.91 Å². The summed E-state index contributed by atoms with van der Waals surface area (Å²) in [6, 6.07) is 0. The lowest BCUT2D eigenvalue weighted by molar-refractivity contribution is -0.197. The van der Waals surface area contributed by atoms with E-state index in [1.54, 1.807) is 0 Å². The summed E-state index contributed by atoms with van der Waals surface area (Å²) in [7, 11) is 1.93. The molecule has 3 fully saturated rings. The molecule has 4 heteroatoms. The molecule has 2 heterocycles. The van der Waals surface area contributed by atoms with Crippen LogP contribution >= 0.6 is 0 Å². The van der Waals surface area contributed by atoms with Gasteiger partial charge in [-0.2, -0.15) is 0 Å². The molecule has 96 valence electrons. The second kappa shape index (κ2) is 3.69. The first kappa shape index (κ1) is 11.5. The zero-order valence-electron chi connectivity index (χ0n) is 10.9. The van der Waals surface area contributed by atoms with Gasteiger partial charge in [0.1, 0.15) is 5.60 Å². The van der Waals surface area contributed by atoms with Crippen LogP contribution in [0.25, 0.3) is 0 Å². The minimum atomic E-state index is -0.415. The highest BCUT2D eigenvalue weighted by atomic mass is 16.5. The largest absolute Gasteiger partial charge is 0.357 e. The third kappa shape index (κ3) is 1.78. The molecule has 0 atom stereocenters. The third-order valence-corrected chi connectivity index (χ3v) is 4.59. The van der Waals surface area contributed by atoms with Crippen molar-refractivity contribution in [1.82, 2.24) is 9.80 Å². The molecule has 0 unspecified atom stereocenters. The zero-order chi connectivity index (χ0) is 12.1. The van der Waals surface area contributed by atoms with Gasteiger partial charge in [0.05, 0.1) is 5.60 Å². The predicted molar refractivity (Wildman–Crippen MR) is 64.8 cm³/mol. The van der Waals surface area contributed by atoms with Crippen LogP contribution < -0.4 is 0 Å². The van der Waals surface area contributed by atoms with E-state index >= 15 is 0 Å². The third-order valence-electron chi connectivity index (χ3n) is 4.59. The Morgan fingerprint density at radius 1 is 1.24 bits per heavy atom. The number of nitrogens with zero attached hydrogens (tertiary/aromatic N) is 2. The SMILES string of the molecule is CCN1CCC2(CC1)CN(C)C(=O)C1(CC1)O2. The Bertz CT molecular complexity index is 330. The first-order valence-electron chi connectivity index (χ1n) is 6.77. The van der Waals surface area contributed by atoms with Crippen LogP contribution in [0.15, 0.2) is 0 Å². The number of rotatable bonds is 1. The monoisotopic (exact) mass is 238 g/mol. The topological polar surface area (TPSA) is 32.8 Å². The van der Waals surface area contributed by atoms with Gasteiger partial charge in [-0.25, -0.2) is 0 Å². The van der Waals surface area contributed by atoms with E-state index in [9.17, 15) is 4.79 Å². The quantitative estimate of drug-likeness (QED) is 0.679. The number of piperidine rings is 1. The number of ether oxygens (including phenoxy) is 1. The van der Waals surface area contributed by atoms with Crippen molar-refractivity contribution in [1.29, 1.82) is 0 Å². The van der Waals surface area contributed by atoms with E-state index in [4.69, 9.17) is 4.74 Å². The molecule has 2 aliphatic heterocycles. The highest BCUT2D eigenvalue weighted by Crippen LogP contribution is 2.49. The van der Waals surface area contributed by atoms with Crippen LogP contribution in [0.1, 0.15) is 32.6 Å². The molecule has 3 rings (SSSR count). The molecule has 4 nitrogen and oxygen atoms in total. The van der Waals surface area contributed by atoms with Gasteiger partial charge in [0, 0.05) is 26.7 Å². The number of likely N-dealkylation sites (tertiary alicyclic amines) is 1. The zero-order valence-corrected chi connectivity index (χ0v) is 10.9. The van der Waals surface area contributed by atoms with Crippen molar-refractivity contribution in [2.45, 2.75) is 43.8 Å². The highest BCUT2D eigenvalue weighted by molar-refractivity contribution is 5.88. The molecule has 0 radical (unpaired) electrons. The molecule has 0 N–H and O–H groups in total. The normalized spacial score (nSPS) is 31.2. The van der Waals surface area contributed by atoms with Gasteiger partial charge >= 0.3 is 0 Å². The van der Waals surface area contributed by atoms with E-state index in [2.05, 4.69) is 11.8 Å². The maximum absolute atomic E-state index is 12.0. The summed E-state index contributed by atoms with van der Waals surface area (Å²) in [6.45, 7) is 6.32. The number of hydrogen-bond donors (Lipinski definition) is 0. The summed E-state index contributed by atoms with van der Waals surface area (Å²) in [5, 5.41) is 0. The molecule has 17 heavy (non-hydrogen) atoms. The first-order valence-corrected chi connectivity index (χ1v) is 6.77. The lowest BCUT2D eigenvalue weighted by atomic mass is 9.88. The van der Waals surface area contributed by atoms with Crippen molar-refractivity contribution in [2.75, 3.05) is 33.2 Å². The molecular weight excluding hydrogens is 216 g/mol. The maximum atomic E-state index is 12.0. The Morgan fingerprint density at radius 2 is 1.88 bits per heavy atom. The van der Waals surface area contributed by atoms with Crippen molar-refractivity contribution in [2.24, 2.45) is 0 Å². The minimum Gasteiger partial charge on any atom is -0.357 e. The minimum absolute atomic E-state index is 0.0508. The van der Waals surface area contributed by atoms with E-state index in [-0.39, 0.29) is 11.5 Å². The van der Waals surface area contributed by atoms with Crippen LogP contribution in [0.2, 0.25) is 0 Å². The second-order valence-electron chi connectivity index (χ2n) is 5.87.